The lowest BCUT2D eigenvalue weighted by Gasteiger charge is -1.87. The molecule has 0 atom stereocenters. The second kappa shape index (κ2) is 5.09. The van der Waals surface area contributed by atoms with E-state index in [9.17, 15) is 9.36 Å². The number of carbonyl (C=O) groups is 1. The van der Waals surface area contributed by atoms with Gasteiger partial charge in [0.2, 0.25) is 0 Å². The van der Waals surface area contributed by atoms with Gasteiger partial charge in [-0.3, -0.25) is 4.57 Å². The van der Waals surface area contributed by atoms with E-state index in [0.29, 0.717) is 0 Å². The highest BCUT2D eigenvalue weighted by Gasteiger charge is 2.04. The summed E-state index contributed by atoms with van der Waals surface area (Å²) < 4.78 is 10.0. The van der Waals surface area contributed by atoms with Crippen molar-refractivity contribution in [2.45, 2.75) is 6.42 Å². The molecule has 4 nitrogen and oxygen atoms in total. The van der Waals surface area contributed by atoms with Gasteiger partial charge in [-0.2, -0.15) is 0 Å². The number of hydrogen-bond donors (Lipinski definition) is 2. The largest absolute Gasteiger partial charge is 0.477 e. The first-order chi connectivity index (χ1) is 4.72. The van der Waals surface area contributed by atoms with E-state index in [1.807, 2.05) is 0 Å². The molecule has 0 aliphatic rings. The molecule has 0 saturated carbocycles. The molecule has 0 fully saturated rings. The summed E-state index contributed by atoms with van der Waals surface area (Å²) in [5, 5.41) is 16.3. The Hall–Kier alpha value is -0.730. The molecule has 0 aromatic heterocycles. The minimum absolute atomic E-state index is 0.133. The molecule has 10 heavy (non-hydrogen) atoms. The van der Waals surface area contributed by atoms with E-state index in [2.05, 4.69) is 0 Å². The third-order valence-electron chi connectivity index (χ3n) is 0.784. The molecule has 0 radical (unpaired) electrons. The number of aliphatic hydroxyl groups is 1. The van der Waals surface area contributed by atoms with Crippen LogP contribution in [0.4, 0.5) is 0 Å². The van der Waals surface area contributed by atoms with Crippen LogP contribution in [-0.2, 0) is 9.36 Å². The third-order valence-corrected chi connectivity index (χ3v) is 1.35. The van der Waals surface area contributed by atoms with Crippen molar-refractivity contribution in [3.8, 4) is 0 Å². The van der Waals surface area contributed by atoms with Crippen molar-refractivity contribution in [1.29, 1.82) is 0 Å². The van der Waals surface area contributed by atoms with Crippen LogP contribution in [-0.4, -0.2) is 22.8 Å². The number of aliphatic hydroxyl groups excluding tert-OH is 1. The van der Waals surface area contributed by atoms with E-state index in [-0.39, 0.29) is 18.3 Å². The normalized spacial score (nSPS) is 11.9. The second-order valence-electron chi connectivity index (χ2n) is 1.50. The summed E-state index contributed by atoms with van der Waals surface area (Å²) in [5.41, 5.74) is 0. The van der Waals surface area contributed by atoms with Crippen molar-refractivity contribution in [3.63, 3.8) is 0 Å². The molecule has 5 heteroatoms. The van der Waals surface area contributed by atoms with E-state index in [4.69, 9.17) is 10.2 Å². The molecule has 0 unspecified atom stereocenters. The quantitative estimate of drug-likeness (QED) is 0.469. The first kappa shape index (κ1) is 9.27. The summed E-state index contributed by atoms with van der Waals surface area (Å²) in [7, 11) is -0.521. The van der Waals surface area contributed by atoms with Gasteiger partial charge in [0.1, 0.15) is 5.31 Å². The standard InChI is InChI=1S/C5H7O4P/c6-3-1-2-4(10-9)5(7)8/h2,6H,1,3H2,(H,7,8)/b4-2-. The molecule has 0 spiro atoms. The smallest absolute Gasteiger partial charge is 0.343 e. The van der Waals surface area contributed by atoms with Crippen LogP contribution in [0.5, 0.6) is 0 Å². The summed E-state index contributed by atoms with van der Waals surface area (Å²) in [6.07, 6.45) is 1.44. The Labute approximate surface area is 59.4 Å². The fourth-order valence-corrected chi connectivity index (χ4v) is 0.647. The maximum absolute atomic E-state index is 10.1. The van der Waals surface area contributed by atoms with Gasteiger partial charge in [0, 0.05) is 6.61 Å². The first-order valence-corrected chi connectivity index (χ1v) is 3.41. The van der Waals surface area contributed by atoms with E-state index in [1.165, 1.54) is 6.08 Å². The van der Waals surface area contributed by atoms with Crippen LogP contribution in [0.2, 0.25) is 0 Å². The molecule has 2 N–H and O–H groups in total. The molecule has 0 rings (SSSR count). The Morgan fingerprint density at radius 2 is 2.20 bits per heavy atom. The van der Waals surface area contributed by atoms with E-state index >= 15 is 0 Å². The zero-order chi connectivity index (χ0) is 7.98. The Kier molecular flexibility index (Phi) is 4.72. The van der Waals surface area contributed by atoms with Crippen molar-refractivity contribution in [3.05, 3.63) is 11.4 Å². The van der Waals surface area contributed by atoms with Crippen LogP contribution in [0.15, 0.2) is 11.4 Å². The summed E-state index contributed by atoms with van der Waals surface area (Å²) in [6, 6.07) is 0. The summed E-state index contributed by atoms with van der Waals surface area (Å²) >= 11 is 0. The van der Waals surface area contributed by atoms with Gasteiger partial charge in [-0.25, -0.2) is 4.79 Å². The fraction of sp³-hybridized carbons (Fsp3) is 0.400. The summed E-state index contributed by atoms with van der Waals surface area (Å²) in [4.78, 5) is 10.1. The van der Waals surface area contributed by atoms with Crippen molar-refractivity contribution >= 4 is 14.4 Å². The lowest BCUT2D eigenvalue weighted by atomic mass is 10.4. The van der Waals surface area contributed by atoms with Crippen LogP contribution >= 0.6 is 8.46 Å². The summed E-state index contributed by atoms with van der Waals surface area (Å²) in [6.45, 7) is -0.133. The Morgan fingerprint density at radius 1 is 1.60 bits per heavy atom. The van der Waals surface area contributed by atoms with Gasteiger partial charge in [-0.1, -0.05) is 6.08 Å². The number of carboxylic acid groups (broad SMARTS) is 1. The minimum atomic E-state index is -1.22. The SMILES string of the molecule is O=P/C(=C\CCO)C(=O)O. The highest BCUT2D eigenvalue weighted by Crippen LogP contribution is 2.11. The maximum Gasteiger partial charge on any atom is 0.343 e. The lowest BCUT2D eigenvalue weighted by Crippen LogP contribution is -1.94. The van der Waals surface area contributed by atoms with E-state index < -0.39 is 14.4 Å². The van der Waals surface area contributed by atoms with Crippen molar-refractivity contribution < 1.29 is 19.6 Å². The fourth-order valence-electron chi connectivity index (χ4n) is 0.365. The molecular weight excluding hydrogens is 155 g/mol. The summed E-state index contributed by atoms with van der Waals surface area (Å²) in [5.74, 6) is -1.22. The highest BCUT2D eigenvalue weighted by molar-refractivity contribution is 7.31. The average molecular weight is 162 g/mol. The Bertz CT molecular complexity index is 163. The van der Waals surface area contributed by atoms with Gasteiger partial charge in [0.15, 0.2) is 8.46 Å². The van der Waals surface area contributed by atoms with Gasteiger partial charge in [-0.05, 0) is 6.42 Å². The highest BCUT2D eigenvalue weighted by atomic mass is 31.1. The molecule has 0 amide bonds. The van der Waals surface area contributed by atoms with Crippen LogP contribution < -0.4 is 0 Å². The van der Waals surface area contributed by atoms with Crippen LogP contribution in [0.1, 0.15) is 6.42 Å². The predicted octanol–water partition coefficient (Wildman–Crippen LogP) is 0.629. The number of carboxylic acids is 1. The van der Waals surface area contributed by atoms with Gasteiger partial charge in [0.25, 0.3) is 0 Å². The Morgan fingerprint density at radius 3 is 2.50 bits per heavy atom. The number of rotatable bonds is 4. The molecule has 0 aliphatic heterocycles. The molecule has 0 bridgehead atoms. The van der Waals surface area contributed by atoms with Crippen molar-refractivity contribution in [1.82, 2.24) is 0 Å². The van der Waals surface area contributed by atoms with Crippen LogP contribution in [0, 0.1) is 0 Å². The molecule has 0 heterocycles. The zero-order valence-electron chi connectivity index (χ0n) is 5.15. The van der Waals surface area contributed by atoms with Gasteiger partial charge < -0.3 is 10.2 Å². The maximum atomic E-state index is 10.1. The second-order valence-corrected chi connectivity index (χ2v) is 2.16. The molecule has 0 saturated heterocycles. The van der Waals surface area contributed by atoms with Crippen LogP contribution in [0.25, 0.3) is 0 Å². The molecule has 0 aromatic carbocycles. The van der Waals surface area contributed by atoms with Crippen molar-refractivity contribution in [2.75, 3.05) is 6.61 Å². The minimum Gasteiger partial charge on any atom is -0.477 e. The molecule has 0 aliphatic carbocycles. The van der Waals surface area contributed by atoms with Gasteiger partial charge in [0.05, 0.1) is 0 Å². The third kappa shape index (κ3) is 3.33. The van der Waals surface area contributed by atoms with E-state index in [1.54, 1.807) is 0 Å². The van der Waals surface area contributed by atoms with Crippen molar-refractivity contribution in [2.24, 2.45) is 0 Å². The average Bonchev–Trinajstić information content (AvgIpc) is 1.89. The number of aliphatic carboxylic acids is 1. The molecule has 0 aromatic rings. The Balaban J connectivity index is 4.04. The lowest BCUT2D eigenvalue weighted by molar-refractivity contribution is -0.131. The first-order valence-electron chi connectivity index (χ1n) is 2.60. The topological polar surface area (TPSA) is 74.6 Å². The molecular formula is C5H7O4P. The van der Waals surface area contributed by atoms with E-state index in [0.717, 1.165) is 0 Å². The molecule has 56 valence electrons. The van der Waals surface area contributed by atoms with Crippen LogP contribution in [0.3, 0.4) is 0 Å². The van der Waals surface area contributed by atoms with Gasteiger partial charge >= 0.3 is 5.97 Å². The van der Waals surface area contributed by atoms with Gasteiger partial charge in [-0.15, -0.1) is 0 Å². The zero-order valence-corrected chi connectivity index (χ0v) is 6.04. The predicted molar refractivity (Wildman–Crippen MR) is 35.0 cm³/mol. The monoisotopic (exact) mass is 162 g/mol. The number of hydrogen-bond acceptors (Lipinski definition) is 3.